The minimum absolute atomic E-state index is 0.118. The van der Waals surface area contributed by atoms with Crippen LogP contribution in [0.3, 0.4) is 0 Å². The molecule has 0 atom stereocenters. The molecule has 2 aliphatic rings. The van der Waals surface area contributed by atoms with Gasteiger partial charge in [-0.25, -0.2) is 14.7 Å². The van der Waals surface area contributed by atoms with Crippen LogP contribution in [0.5, 0.6) is 0 Å². The number of nitrogens with zero attached hydrogens (tertiary/aromatic N) is 2. The summed E-state index contributed by atoms with van der Waals surface area (Å²) < 4.78 is 15.9. The molecule has 9 nitrogen and oxygen atoms in total. The number of methoxy groups -OCH3 is 1. The van der Waals surface area contributed by atoms with Gasteiger partial charge in [0.25, 0.3) is 5.91 Å². The van der Waals surface area contributed by atoms with Crippen LogP contribution in [0.25, 0.3) is 5.57 Å². The van der Waals surface area contributed by atoms with Crippen LogP contribution in [-0.4, -0.2) is 68.4 Å². The number of ether oxygens (including phenoxy) is 3. The molecule has 0 bridgehead atoms. The van der Waals surface area contributed by atoms with Crippen molar-refractivity contribution < 1.29 is 33.5 Å². The normalized spacial score (nSPS) is 18.6. The summed E-state index contributed by atoms with van der Waals surface area (Å²) in [6, 6.07) is 3.97. The van der Waals surface area contributed by atoms with Crippen molar-refractivity contribution in [3.63, 3.8) is 0 Å². The molecule has 9 heteroatoms. The quantitative estimate of drug-likeness (QED) is 0.464. The maximum Gasteiger partial charge on any atom is 0.513 e. The molecule has 0 aromatic heterocycles. The van der Waals surface area contributed by atoms with Crippen LogP contribution in [0.15, 0.2) is 17.9 Å². The summed E-state index contributed by atoms with van der Waals surface area (Å²) in [7, 11) is 3.09. The van der Waals surface area contributed by atoms with Crippen LogP contribution < -0.4 is 0 Å². The van der Waals surface area contributed by atoms with E-state index in [1.807, 2.05) is 32.9 Å². The van der Waals surface area contributed by atoms with E-state index in [9.17, 15) is 9.59 Å². The molecule has 1 saturated heterocycles. The molecule has 1 fully saturated rings. The monoisotopic (exact) mass is 448 g/mol. The van der Waals surface area contributed by atoms with Crippen molar-refractivity contribution >= 4 is 17.6 Å². The van der Waals surface area contributed by atoms with Crippen molar-refractivity contribution in [1.82, 2.24) is 10.1 Å². The smallest absolute Gasteiger partial charge is 0.434 e. The highest BCUT2D eigenvalue weighted by Gasteiger charge is 2.57. The number of hydrogen-bond donors (Lipinski definition) is 0. The first-order chi connectivity index (χ1) is 15.3. The molecule has 2 aliphatic heterocycles. The van der Waals surface area contributed by atoms with Crippen molar-refractivity contribution in [2.24, 2.45) is 0 Å². The predicted molar refractivity (Wildman–Crippen MR) is 116 cm³/mol. The number of amides is 1. The third-order valence-corrected chi connectivity index (χ3v) is 6.10. The summed E-state index contributed by atoms with van der Waals surface area (Å²) in [5, 5.41) is 3.10. The molecule has 0 aliphatic carbocycles. The lowest BCUT2D eigenvalue weighted by Gasteiger charge is -2.43. The summed E-state index contributed by atoms with van der Waals surface area (Å²) in [6.07, 6.45) is 0.0352. The van der Waals surface area contributed by atoms with E-state index in [0.717, 1.165) is 16.7 Å². The van der Waals surface area contributed by atoms with Gasteiger partial charge in [-0.1, -0.05) is 12.1 Å². The van der Waals surface area contributed by atoms with E-state index >= 15 is 0 Å². The van der Waals surface area contributed by atoms with Crippen LogP contribution >= 0.6 is 0 Å². The van der Waals surface area contributed by atoms with Gasteiger partial charge in [0.2, 0.25) is 0 Å². The first-order valence-electron chi connectivity index (χ1n) is 10.7. The summed E-state index contributed by atoms with van der Waals surface area (Å²) in [4.78, 5) is 37.3. The molecule has 0 unspecified atom stereocenters. The Morgan fingerprint density at radius 3 is 2.31 bits per heavy atom. The lowest BCUT2D eigenvalue weighted by atomic mass is 9.85. The topological polar surface area (TPSA) is 86.8 Å². The number of hydroxylamine groups is 4. The molecule has 1 aromatic carbocycles. The fraction of sp³-hybridized carbons (Fsp3) is 0.565. The first-order valence-corrected chi connectivity index (χ1v) is 10.7. The van der Waals surface area contributed by atoms with Gasteiger partial charge in [0, 0.05) is 20.2 Å². The number of hydrogen-bond acceptors (Lipinski definition) is 8. The van der Waals surface area contributed by atoms with Gasteiger partial charge in [-0.05, 0) is 62.8 Å². The van der Waals surface area contributed by atoms with E-state index in [1.54, 1.807) is 19.1 Å². The highest BCUT2D eigenvalue weighted by atomic mass is 16.8. The SMILES string of the molecule is CCOC(=O)OC1=C(c2cc(C)c(C)cc2C)C(=O)N(OCOC)C12CCN(OC)CC2. The number of piperidine rings is 1. The molecule has 1 amide bonds. The lowest BCUT2D eigenvalue weighted by molar-refractivity contribution is -0.260. The Bertz CT molecular complexity index is 904. The number of rotatable bonds is 7. The highest BCUT2D eigenvalue weighted by molar-refractivity contribution is 6.23. The zero-order valence-corrected chi connectivity index (χ0v) is 19.6. The van der Waals surface area contributed by atoms with E-state index in [-0.39, 0.29) is 25.1 Å². The largest absolute Gasteiger partial charge is 0.513 e. The van der Waals surface area contributed by atoms with Crippen LogP contribution in [0.1, 0.15) is 42.0 Å². The molecule has 0 radical (unpaired) electrons. The molecular weight excluding hydrogens is 416 g/mol. The Kier molecular flexibility index (Phi) is 7.55. The third kappa shape index (κ3) is 4.38. The Hall–Kier alpha value is -2.46. The molecule has 0 N–H and O–H groups in total. The van der Waals surface area contributed by atoms with E-state index < -0.39 is 11.7 Å². The van der Waals surface area contributed by atoms with Gasteiger partial charge in [-0.2, -0.15) is 5.06 Å². The van der Waals surface area contributed by atoms with Gasteiger partial charge in [-0.3, -0.25) is 4.79 Å². The van der Waals surface area contributed by atoms with Crippen LogP contribution in [-0.2, 0) is 28.7 Å². The molecule has 1 spiro atoms. The second-order valence-corrected chi connectivity index (χ2v) is 8.02. The Balaban J connectivity index is 2.19. The molecule has 176 valence electrons. The Morgan fingerprint density at radius 2 is 1.72 bits per heavy atom. The van der Waals surface area contributed by atoms with Gasteiger partial charge >= 0.3 is 6.16 Å². The van der Waals surface area contributed by atoms with Crippen molar-refractivity contribution in [3.05, 3.63) is 40.1 Å². The van der Waals surface area contributed by atoms with Gasteiger partial charge in [-0.15, -0.1) is 0 Å². The zero-order valence-electron chi connectivity index (χ0n) is 19.6. The van der Waals surface area contributed by atoms with Crippen molar-refractivity contribution in [2.75, 3.05) is 40.7 Å². The minimum Gasteiger partial charge on any atom is -0.434 e. The number of carbonyl (C=O) groups excluding carboxylic acids is 2. The number of aryl methyl sites for hydroxylation is 3. The molecule has 32 heavy (non-hydrogen) atoms. The average molecular weight is 449 g/mol. The maximum atomic E-state index is 13.7. The fourth-order valence-electron chi connectivity index (χ4n) is 4.32. The van der Waals surface area contributed by atoms with Crippen LogP contribution in [0, 0.1) is 20.8 Å². The van der Waals surface area contributed by atoms with Gasteiger partial charge < -0.3 is 19.0 Å². The minimum atomic E-state index is -0.988. The first kappa shape index (κ1) is 24.2. The second-order valence-electron chi connectivity index (χ2n) is 8.02. The summed E-state index contributed by atoms with van der Waals surface area (Å²) >= 11 is 0. The molecule has 0 saturated carbocycles. The van der Waals surface area contributed by atoms with Gasteiger partial charge in [0.15, 0.2) is 12.6 Å². The Labute approximate surface area is 188 Å². The van der Waals surface area contributed by atoms with E-state index in [1.165, 1.54) is 12.2 Å². The number of carbonyl (C=O) groups is 2. The predicted octanol–water partition coefficient (Wildman–Crippen LogP) is 3.27. The zero-order chi connectivity index (χ0) is 23.5. The van der Waals surface area contributed by atoms with Gasteiger partial charge in [0.05, 0.1) is 19.3 Å². The molecular formula is C23H32N2O7. The van der Waals surface area contributed by atoms with Gasteiger partial charge in [0.1, 0.15) is 5.54 Å². The van der Waals surface area contributed by atoms with Crippen molar-refractivity contribution in [2.45, 2.75) is 46.1 Å². The highest BCUT2D eigenvalue weighted by Crippen LogP contribution is 2.48. The maximum absolute atomic E-state index is 13.7. The van der Waals surface area contributed by atoms with Crippen LogP contribution in [0.2, 0.25) is 0 Å². The fourth-order valence-corrected chi connectivity index (χ4v) is 4.32. The molecule has 1 aromatic rings. The van der Waals surface area contributed by atoms with Crippen molar-refractivity contribution in [3.8, 4) is 0 Å². The molecule has 3 rings (SSSR count). The lowest BCUT2D eigenvalue weighted by Crippen LogP contribution is -2.55. The van der Waals surface area contributed by atoms with Crippen molar-refractivity contribution in [1.29, 1.82) is 0 Å². The second kappa shape index (κ2) is 9.99. The van der Waals surface area contributed by atoms with E-state index in [4.69, 9.17) is 23.9 Å². The average Bonchev–Trinajstić information content (AvgIpc) is 2.97. The standard InChI is InChI=1S/C23H32N2O7/c1-7-30-22(27)32-20-19(18-13-16(3)15(2)12-17(18)4)21(26)25(31-14-28-5)23(20)8-10-24(29-6)11-9-23/h12-13H,7-11,14H2,1-6H3. The Morgan fingerprint density at radius 1 is 1.06 bits per heavy atom. The summed E-state index contributed by atoms with van der Waals surface area (Å²) in [5.74, 6) is -0.127. The summed E-state index contributed by atoms with van der Waals surface area (Å²) in [5.41, 5.74) is 3.06. The molecule has 2 heterocycles. The summed E-state index contributed by atoms with van der Waals surface area (Å²) in [6.45, 7) is 8.71. The van der Waals surface area contributed by atoms with E-state index in [0.29, 0.717) is 37.1 Å². The number of benzene rings is 1. The van der Waals surface area contributed by atoms with Crippen LogP contribution in [0.4, 0.5) is 4.79 Å². The third-order valence-electron chi connectivity index (χ3n) is 6.10. The van der Waals surface area contributed by atoms with E-state index in [2.05, 4.69) is 0 Å².